The summed E-state index contributed by atoms with van der Waals surface area (Å²) in [5.74, 6) is 0.572. The van der Waals surface area contributed by atoms with Crippen LogP contribution in [-0.4, -0.2) is 36.2 Å². The van der Waals surface area contributed by atoms with E-state index < -0.39 is 9.84 Å². The van der Waals surface area contributed by atoms with E-state index in [0.717, 1.165) is 18.5 Å². The van der Waals surface area contributed by atoms with Crippen molar-refractivity contribution in [3.05, 3.63) is 17.0 Å². The fourth-order valence-corrected chi connectivity index (χ4v) is 4.28. The molecule has 0 bridgehead atoms. The molecular formula is C13H23N3O2S. The maximum Gasteiger partial charge on any atom is 0.150 e. The molecule has 5 nitrogen and oxygen atoms in total. The first-order valence-corrected chi connectivity index (χ1v) is 8.72. The molecule has 2 rings (SSSR count). The minimum absolute atomic E-state index is 0.230. The molecule has 1 aromatic rings. The van der Waals surface area contributed by atoms with Crippen molar-refractivity contribution in [1.82, 2.24) is 9.78 Å². The molecule has 0 amide bonds. The summed E-state index contributed by atoms with van der Waals surface area (Å²) in [6, 6.07) is 0.230. The lowest BCUT2D eigenvalue weighted by molar-refractivity contribution is 0.404. The number of nitrogens with two attached hydrogens (primary N) is 1. The van der Waals surface area contributed by atoms with E-state index in [-0.39, 0.29) is 17.5 Å². The normalized spacial score (nSPS) is 19.7. The Hall–Kier alpha value is -0.880. The van der Waals surface area contributed by atoms with E-state index >= 15 is 0 Å². The van der Waals surface area contributed by atoms with Crippen LogP contribution >= 0.6 is 0 Å². The molecule has 0 saturated carbocycles. The highest BCUT2D eigenvalue weighted by Crippen LogP contribution is 2.27. The summed E-state index contributed by atoms with van der Waals surface area (Å²) >= 11 is 0. The van der Waals surface area contributed by atoms with Gasteiger partial charge in [0.25, 0.3) is 0 Å². The van der Waals surface area contributed by atoms with Crippen molar-refractivity contribution in [2.75, 3.05) is 18.1 Å². The first-order chi connectivity index (χ1) is 8.94. The van der Waals surface area contributed by atoms with Gasteiger partial charge in [-0.2, -0.15) is 5.10 Å². The largest absolute Gasteiger partial charge is 0.330 e. The molecule has 0 aromatic carbocycles. The van der Waals surface area contributed by atoms with Crippen LogP contribution in [-0.2, 0) is 16.3 Å². The standard InChI is InChI=1S/C13H23N3O2S/c1-10-13(4-3-7-14)11(2)16(15-10)12-5-8-19(17,18)9-6-12/h12H,3-9,14H2,1-2H3. The molecule has 2 N–H and O–H groups in total. The van der Waals surface area contributed by atoms with Crippen molar-refractivity contribution in [1.29, 1.82) is 0 Å². The summed E-state index contributed by atoms with van der Waals surface area (Å²) in [6.07, 6.45) is 3.28. The second-order valence-electron chi connectivity index (χ2n) is 5.37. The van der Waals surface area contributed by atoms with Crippen LogP contribution in [0.5, 0.6) is 0 Å². The molecule has 0 aliphatic carbocycles. The third kappa shape index (κ3) is 3.17. The highest BCUT2D eigenvalue weighted by molar-refractivity contribution is 7.91. The van der Waals surface area contributed by atoms with Gasteiger partial charge in [0.05, 0.1) is 23.2 Å². The van der Waals surface area contributed by atoms with Crippen LogP contribution in [0.4, 0.5) is 0 Å². The summed E-state index contributed by atoms with van der Waals surface area (Å²) < 4.78 is 25.0. The van der Waals surface area contributed by atoms with Gasteiger partial charge >= 0.3 is 0 Å². The van der Waals surface area contributed by atoms with Gasteiger partial charge in [0.15, 0.2) is 0 Å². The number of rotatable bonds is 4. The van der Waals surface area contributed by atoms with Gasteiger partial charge in [-0.25, -0.2) is 8.42 Å². The molecule has 1 saturated heterocycles. The molecule has 19 heavy (non-hydrogen) atoms. The number of aryl methyl sites for hydroxylation is 1. The van der Waals surface area contributed by atoms with Gasteiger partial charge in [0.1, 0.15) is 9.84 Å². The number of nitrogens with zero attached hydrogens (tertiary/aromatic N) is 2. The zero-order valence-electron chi connectivity index (χ0n) is 11.7. The van der Waals surface area contributed by atoms with Crippen molar-refractivity contribution in [3.8, 4) is 0 Å². The first kappa shape index (κ1) is 14.5. The van der Waals surface area contributed by atoms with Gasteiger partial charge < -0.3 is 5.73 Å². The molecule has 108 valence electrons. The molecule has 1 aromatic heterocycles. The van der Waals surface area contributed by atoms with Gasteiger partial charge in [-0.15, -0.1) is 0 Å². The molecule has 0 unspecified atom stereocenters. The third-order valence-electron chi connectivity index (χ3n) is 3.98. The van der Waals surface area contributed by atoms with Gasteiger partial charge in [-0.3, -0.25) is 4.68 Å². The van der Waals surface area contributed by atoms with Crippen molar-refractivity contribution >= 4 is 9.84 Å². The average molecular weight is 285 g/mol. The minimum atomic E-state index is -2.81. The fraction of sp³-hybridized carbons (Fsp3) is 0.769. The minimum Gasteiger partial charge on any atom is -0.330 e. The number of aromatic nitrogens is 2. The van der Waals surface area contributed by atoms with E-state index in [2.05, 4.69) is 12.0 Å². The van der Waals surface area contributed by atoms with Gasteiger partial charge in [0.2, 0.25) is 0 Å². The number of hydrogen-bond acceptors (Lipinski definition) is 4. The Morgan fingerprint density at radius 2 is 1.95 bits per heavy atom. The van der Waals surface area contributed by atoms with E-state index in [9.17, 15) is 8.42 Å². The predicted octanol–water partition coefficient (Wildman–Crippen LogP) is 1.14. The quantitative estimate of drug-likeness (QED) is 0.900. The molecule has 1 aliphatic heterocycles. The molecule has 0 radical (unpaired) electrons. The third-order valence-corrected chi connectivity index (χ3v) is 5.69. The highest BCUT2D eigenvalue weighted by atomic mass is 32.2. The SMILES string of the molecule is Cc1nn(C2CCS(=O)(=O)CC2)c(C)c1CCCN. The van der Waals surface area contributed by atoms with Crippen LogP contribution in [0, 0.1) is 13.8 Å². The van der Waals surface area contributed by atoms with E-state index in [1.807, 2.05) is 11.6 Å². The Bertz CT molecular complexity index is 534. The van der Waals surface area contributed by atoms with Gasteiger partial charge in [-0.1, -0.05) is 0 Å². The molecule has 6 heteroatoms. The number of hydrogen-bond donors (Lipinski definition) is 1. The summed E-state index contributed by atoms with van der Waals surface area (Å²) in [6.45, 7) is 4.79. The van der Waals surface area contributed by atoms with Crippen molar-refractivity contribution in [3.63, 3.8) is 0 Å². The lowest BCUT2D eigenvalue weighted by atomic mass is 10.1. The van der Waals surface area contributed by atoms with Crippen molar-refractivity contribution in [2.24, 2.45) is 5.73 Å². The second kappa shape index (κ2) is 5.63. The first-order valence-electron chi connectivity index (χ1n) is 6.89. The lowest BCUT2D eigenvalue weighted by Crippen LogP contribution is -2.26. The maximum absolute atomic E-state index is 11.5. The Morgan fingerprint density at radius 3 is 2.53 bits per heavy atom. The van der Waals surface area contributed by atoms with Crippen LogP contribution in [0.3, 0.4) is 0 Å². The topological polar surface area (TPSA) is 78.0 Å². The van der Waals surface area contributed by atoms with E-state index in [0.29, 0.717) is 19.4 Å². The molecule has 0 atom stereocenters. The van der Waals surface area contributed by atoms with Crippen LogP contribution in [0.1, 0.15) is 42.3 Å². The van der Waals surface area contributed by atoms with Crippen LogP contribution in [0.25, 0.3) is 0 Å². The molecule has 2 heterocycles. The second-order valence-corrected chi connectivity index (χ2v) is 7.67. The summed E-state index contributed by atoms with van der Waals surface area (Å²) in [7, 11) is -2.81. The Balaban J connectivity index is 2.17. The van der Waals surface area contributed by atoms with Gasteiger partial charge in [-0.05, 0) is 51.6 Å². The van der Waals surface area contributed by atoms with Crippen molar-refractivity contribution in [2.45, 2.75) is 45.6 Å². The smallest absolute Gasteiger partial charge is 0.150 e. The Kier molecular flexibility index (Phi) is 4.30. The lowest BCUT2D eigenvalue weighted by Gasteiger charge is -2.23. The summed E-state index contributed by atoms with van der Waals surface area (Å²) in [4.78, 5) is 0. The van der Waals surface area contributed by atoms with Gasteiger partial charge in [0, 0.05) is 5.69 Å². The molecular weight excluding hydrogens is 262 g/mol. The Morgan fingerprint density at radius 1 is 1.32 bits per heavy atom. The van der Waals surface area contributed by atoms with E-state index in [1.165, 1.54) is 11.3 Å². The fourth-order valence-electron chi connectivity index (χ4n) is 2.82. The monoisotopic (exact) mass is 285 g/mol. The average Bonchev–Trinajstić information content (AvgIpc) is 2.63. The maximum atomic E-state index is 11.5. The van der Waals surface area contributed by atoms with Crippen molar-refractivity contribution < 1.29 is 8.42 Å². The zero-order chi connectivity index (χ0) is 14.0. The molecule has 1 aliphatic rings. The highest BCUT2D eigenvalue weighted by Gasteiger charge is 2.27. The van der Waals surface area contributed by atoms with Crippen LogP contribution < -0.4 is 5.73 Å². The van der Waals surface area contributed by atoms with E-state index in [4.69, 9.17) is 5.73 Å². The molecule has 0 spiro atoms. The number of sulfone groups is 1. The van der Waals surface area contributed by atoms with Crippen LogP contribution in [0.15, 0.2) is 0 Å². The molecule has 1 fully saturated rings. The zero-order valence-corrected chi connectivity index (χ0v) is 12.5. The summed E-state index contributed by atoms with van der Waals surface area (Å²) in [5, 5.41) is 4.62. The van der Waals surface area contributed by atoms with E-state index in [1.54, 1.807) is 0 Å². The predicted molar refractivity (Wildman–Crippen MR) is 76.0 cm³/mol. The summed E-state index contributed by atoms with van der Waals surface area (Å²) in [5.41, 5.74) is 9.07. The van der Waals surface area contributed by atoms with Crippen LogP contribution in [0.2, 0.25) is 0 Å². The Labute approximate surface area is 115 Å².